The highest BCUT2D eigenvalue weighted by Gasteiger charge is 2.10. The van der Waals surface area contributed by atoms with E-state index in [0.717, 1.165) is 5.56 Å². The number of carbonyl (C=O) groups is 1. The van der Waals surface area contributed by atoms with E-state index in [2.05, 4.69) is 10.4 Å². The highest BCUT2D eigenvalue weighted by Crippen LogP contribution is 2.21. The van der Waals surface area contributed by atoms with Gasteiger partial charge in [-0.15, -0.1) is 5.10 Å². The number of nitrogens with zero attached hydrogens (tertiary/aromatic N) is 2. The normalized spacial score (nSPS) is 10.6. The maximum atomic E-state index is 13.3. The molecule has 0 saturated heterocycles. The van der Waals surface area contributed by atoms with Crippen LogP contribution in [0.25, 0.3) is 5.69 Å². The molecule has 0 aliphatic carbocycles. The van der Waals surface area contributed by atoms with Crippen LogP contribution in [-0.2, 0) is 6.61 Å². The first kappa shape index (κ1) is 22.2. The van der Waals surface area contributed by atoms with Crippen molar-refractivity contribution in [1.29, 1.82) is 0 Å². The maximum absolute atomic E-state index is 13.3. The lowest BCUT2D eigenvalue weighted by molar-refractivity contribution is 0.102. The smallest absolute Gasteiger partial charge is 0.271 e. The van der Waals surface area contributed by atoms with Crippen molar-refractivity contribution in [2.45, 2.75) is 13.5 Å². The monoisotopic (exact) mass is 463 g/mol. The standard InChI is InChI=1S/C25H19ClFN3O3/c1-16-5-8-20(14-22(16)26)28-25(32)18-6-9-21(10-7-18)30-24(31)12-11-23(29-30)33-15-17-3-2-4-19(27)13-17/h2-14H,15H2,1H3,(H,28,32). The quantitative estimate of drug-likeness (QED) is 0.428. The van der Waals surface area contributed by atoms with E-state index in [4.69, 9.17) is 16.3 Å². The number of rotatable bonds is 6. The first-order valence-corrected chi connectivity index (χ1v) is 10.4. The minimum absolute atomic E-state index is 0.102. The number of amides is 1. The van der Waals surface area contributed by atoms with E-state index in [1.165, 1.54) is 28.9 Å². The largest absolute Gasteiger partial charge is 0.472 e. The van der Waals surface area contributed by atoms with E-state index in [-0.39, 0.29) is 29.8 Å². The summed E-state index contributed by atoms with van der Waals surface area (Å²) < 4.78 is 20.1. The van der Waals surface area contributed by atoms with E-state index < -0.39 is 0 Å². The molecule has 1 N–H and O–H groups in total. The number of carbonyl (C=O) groups excluding carboxylic acids is 1. The van der Waals surface area contributed by atoms with Crippen LogP contribution in [0.1, 0.15) is 21.5 Å². The molecule has 8 heteroatoms. The van der Waals surface area contributed by atoms with Crippen LogP contribution in [-0.4, -0.2) is 15.7 Å². The SMILES string of the molecule is Cc1ccc(NC(=O)c2ccc(-n3nc(OCc4cccc(F)c4)ccc3=O)cc2)cc1Cl. The van der Waals surface area contributed by atoms with Gasteiger partial charge in [-0.25, -0.2) is 4.39 Å². The van der Waals surface area contributed by atoms with Crippen molar-refractivity contribution in [3.05, 3.63) is 117 Å². The highest BCUT2D eigenvalue weighted by molar-refractivity contribution is 6.31. The van der Waals surface area contributed by atoms with E-state index in [1.807, 2.05) is 13.0 Å². The molecule has 0 saturated carbocycles. The van der Waals surface area contributed by atoms with Crippen LogP contribution >= 0.6 is 11.6 Å². The second-order valence-corrected chi connectivity index (χ2v) is 7.71. The van der Waals surface area contributed by atoms with Crippen LogP contribution in [0, 0.1) is 12.7 Å². The first-order chi connectivity index (χ1) is 15.9. The molecule has 0 radical (unpaired) electrons. The summed E-state index contributed by atoms with van der Waals surface area (Å²) in [6.07, 6.45) is 0. The Hall–Kier alpha value is -3.97. The van der Waals surface area contributed by atoms with Crippen LogP contribution < -0.4 is 15.6 Å². The zero-order valence-electron chi connectivity index (χ0n) is 17.6. The molecule has 4 aromatic rings. The molecular weight excluding hydrogens is 445 g/mol. The molecule has 0 unspecified atom stereocenters. The summed E-state index contributed by atoms with van der Waals surface area (Å²) in [6.45, 7) is 1.98. The van der Waals surface area contributed by atoms with E-state index in [0.29, 0.717) is 27.5 Å². The molecule has 1 amide bonds. The number of hydrogen-bond acceptors (Lipinski definition) is 4. The van der Waals surface area contributed by atoms with Crippen molar-refractivity contribution in [3.8, 4) is 11.6 Å². The van der Waals surface area contributed by atoms with Crippen LogP contribution in [0.4, 0.5) is 10.1 Å². The van der Waals surface area contributed by atoms with Crippen LogP contribution in [0.15, 0.2) is 83.7 Å². The predicted molar refractivity (Wildman–Crippen MR) is 125 cm³/mol. The Morgan fingerprint density at radius 2 is 1.85 bits per heavy atom. The summed E-state index contributed by atoms with van der Waals surface area (Å²) in [5.74, 6) is -0.463. The van der Waals surface area contributed by atoms with Gasteiger partial charge in [0.15, 0.2) is 0 Å². The molecule has 33 heavy (non-hydrogen) atoms. The lowest BCUT2D eigenvalue weighted by atomic mass is 10.1. The number of hydrogen-bond donors (Lipinski definition) is 1. The topological polar surface area (TPSA) is 73.2 Å². The second-order valence-electron chi connectivity index (χ2n) is 7.31. The molecule has 166 valence electrons. The van der Waals surface area contributed by atoms with Gasteiger partial charge in [-0.3, -0.25) is 9.59 Å². The molecule has 3 aromatic carbocycles. The number of ether oxygens (including phenoxy) is 1. The summed E-state index contributed by atoms with van der Waals surface area (Å²) in [4.78, 5) is 24.9. The molecule has 0 bridgehead atoms. The van der Waals surface area contributed by atoms with Crippen molar-refractivity contribution in [2.75, 3.05) is 5.32 Å². The number of benzene rings is 3. The predicted octanol–water partition coefficient (Wildman–Crippen LogP) is 5.16. The van der Waals surface area contributed by atoms with Gasteiger partial charge in [-0.1, -0.05) is 29.8 Å². The van der Waals surface area contributed by atoms with Gasteiger partial charge < -0.3 is 10.1 Å². The third-order valence-electron chi connectivity index (χ3n) is 4.86. The Labute approximate surface area is 194 Å². The Morgan fingerprint density at radius 1 is 1.06 bits per heavy atom. The van der Waals surface area contributed by atoms with E-state index >= 15 is 0 Å². The number of aromatic nitrogens is 2. The summed E-state index contributed by atoms with van der Waals surface area (Å²) in [6, 6.07) is 20.5. The van der Waals surface area contributed by atoms with Gasteiger partial charge in [0.05, 0.1) is 5.69 Å². The number of halogens is 2. The van der Waals surface area contributed by atoms with Crippen molar-refractivity contribution in [1.82, 2.24) is 9.78 Å². The van der Waals surface area contributed by atoms with Gasteiger partial charge in [0.2, 0.25) is 5.88 Å². The van der Waals surface area contributed by atoms with Crippen molar-refractivity contribution >= 4 is 23.2 Å². The van der Waals surface area contributed by atoms with E-state index in [1.54, 1.807) is 48.5 Å². The van der Waals surface area contributed by atoms with Gasteiger partial charge in [0, 0.05) is 28.4 Å². The number of nitrogens with one attached hydrogen (secondary N) is 1. The molecular formula is C25H19ClFN3O3. The average molecular weight is 464 g/mol. The molecule has 6 nitrogen and oxygen atoms in total. The Kier molecular flexibility index (Phi) is 6.51. The third kappa shape index (κ3) is 5.45. The highest BCUT2D eigenvalue weighted by atomic mass is 35.5. The molecule has 0 fully saturated rings. The molecule has 1 aromatic heterocycles. The van der Waals surface area contributed by atoms with Crippen LogP contribution in [0.2, 0.25) is 5.02 Å². The van der Waals surface area contributed by atoms with Gasteiger partial charge >= 0.3 is 0 Å². The summed E-state index contributed by atoms with van der Waals surface area (Å²) in [7, 11) is 0. The van der Waals surface area contributed by atoms with Gasteiger partial charge in [-0.05, 0) is 66.6 Å². The molecule has 4 rings (SSSR count). The third-order valence-corrected chi connectivity index (χ3v) is 5.26. The zero-order chi connectivity index (χ0) is 23.4. The second kappa shape index (κ2) is 9.67. The summed E-state index contributed by atoms with van der Waals surface area (Å²) in [5.41, 5.74) is 2.65. The Morgan fingerprint density at radius 3 is 2.58 bits per heavy atom. The first-order valence-electron chi connectivity index (χ1n) is 10.0. The van der Waals surface area contributed by atoms with Gasteiger partial charge in [0.25, 0.3) is 11.5 Å². The van der Waals surface area contributed by atoms with Crippen molar-refractivity contribution < 1.29 is 13.9 Å². The molecule has 0 aliphatic rings. The molecule has 0 atom stereocenters. The fraction of sp³-hybridized carbons (Fsp3) is 0.0800. The lowest BCUT2D eigenvalue weighted by Gasteiger charge is -2.10. The van der Waals surface area contributed by atoms with Crippen LogP contribution in [0.3, 0.4) is 0 Å². The van der Waals surface area contributed by atoms with Crippen molar-refractivity contribution in [3.63, 3.8) is 0 Å². The Balaban J connectivity index is 1.48. The minimum Gasteiger partial charge on any atom is -0.472 e. The lowest BCUT2D eigenvalue weighted by Crippen LogP contribution is -2.20. The summed E-state index contributed by atoms with van der Waals surface area (Å²) >= 11 is 6.11. The average Bonchev–Trinajstić information content (AvgIpc) is 2.81. The van der Waals surface area contributed by atoms with Crippen LogP contribution in [0.5, 0.6) is 5.88 Å². The number of aryl methyl sites for hydroxylation is 1. The maximum Gasteiger partial charge on any atom is 0.271 e. The van der Waals surface area contributed by atoms with Gasteiger partial charge in [0.1, 0.15) is 12.4 Å². The fourth-order valence-electron chi connectivity index (χ4n) is 3.07. The van der Waals surface area contributed by atoms with Crippen molar-refractivity contribution in [2.24, 2.45) is 0 Å². The zero-order valence-corrected chi connectivity index (χ0v) is 18.3. The molecule has 1 heterocycles. The van der Waals surface area contributed by atoms with Gasteiger partial charge in [-0.2, -0.15) is 4.68 Å². The Bertz CT molecular complexity index is 1370. The minimum atomic E-state index is -0.361. The fourth-order valence-corrected chi connectivity index (χ4v) is 3.25. The summed E-state index contributed by atoms with van der Waals surface area (Å²) in [5, 5.41) is 7.56. The molecule has 0 spiro atoms. The number of anilines is 1. The van der Waals surface area contributed by atoms with E-state index in [9.17, 15) is 14.0 Å². The molecule has 0 aliphatic heterocycles.